The highest BCUT2D eigenvalue weighted by atomic mass is 79.9. The van der Waals surface area contributed by atoms with Crippen LogP contribution < -0.4 is 5.32 Å². The number of hydrogen-bond acceptors (Lipinski definition) is 1. The Bertz CT molecular complexity index is 362. The van der Waals surface area contributed by atoms with Gasteiger partial charge in [-0.25, -0.2) is 0 Å². The van der Waals surface area contributed by atoms with Gasteiger partial charge >= 0.3 is 0 Å². The number of unbranched alkanes of at least 4 members (excludes halogenated alkanes) is 7. The van der Waals surface area contributed by atoms with Crippen LogP contribution in [0.1, 0.15) is 69.4 Å². The van der Waals surface area contributed by atoms with Crippen molar-refractivity contribution < 1.29 is 0 Å². The first kappa shape index (κ1) is 17.7. The van der Waals surface area contributed by atoms with E-state index in [9.17, 15) is 0 Å². The molecular formula is C18H30BrN. The van der Waals surface area contributed by atoms with Crippen molar-refractivity contribution in [3.05, 3.63) is 33.8 Å². The molecule has 1 rings (SSSR count). The average Bonchev–Trinajstić information content (AvgIpc) is 2.45. The first-order chi connectivity index (χ1) is 9.74. The van der Waals surface area contributed by atoms with Crippen molar-refractivity contribution in [2.75, 3.05) is 6.54 Å². The average molecular weight is 340 g/mol. The van der Waals surface area contributed by atoms with Gasteiger partial charge in [-0.15, -0.1) is 0 Å². The van der Waals surface area contributed by atoms with Crippen LogP contribution in [0.4, 0.5) is 0 Å². The maximum Gasteiger partial charge on any atom is 0.0205 e. The van der Waals surface area contributed by atoms with Crippen molar-refractivity contribution >= 4 is 15.9 Å². The van der Waals surface area contributed by atoms with E-state index in [2.05, 4.69) is 53.3 Å². The summed E-state index contributed by atoms with van der Waals surface area (Å²) in [6.45, 7) is 6.55. The van der Waals surface area contributed by atoms with Gasteiger partial charge in [0.05, 0.1) is 0 Å². The molecule has 1 nitrogen and oxygen atoms in total. The summed E-state index contributed by atoms with van der Waals surface area (Å²) in [6.07, 6.45) is 11.1. The van der Waals surface area contributed by atoms with Gasteiger partial charge in [-0.2, -0.15) is 0 Å². The highest BCUT2D eigenvalue weighted by Gasteiger charge is 1.97. The highest BCUT2D eigenvalue weighted by Crippen LogP contribution is 2.16. The summed E-state index contributed by atoms with van der Waals surface area (Å²) < 4.78 is 1.20. The largest absolute Gasteiger partial charge is 0.313 e. The van der Waals surface area contributed by atoms with Crippen molar-refractivity contribution in [2.24, 2.45) is 0 Å². The Morgan fingerprint density at radius 3 is 2.25 bits per heavy atom. The fourth-order valence-electron chi connectivity index (χ4n) is 2.43. The monoisotopic (exact) mass is 339 g/mol. The molecule has 0 unspecified atom stereocenters. The molecule has 0 aromatic heterocycles. The normalized spacial score (nSPS) is 10.9. The molecule has 2 heteroatoms. The van der Waals surface area contributed by atoms with Crippen LogP contribution in [-0.4, -0.2) is 6.54 Å². The van der Waals surface area contributed by atoms with Crippen molar-refractivity contribution in [3.8, 4) is 0 Å². The predicted octanol–water partition coefficient (Wildman–Crippen LogP) is 5.99. The maximum atomic E-state index is 3.54. The topological polar surface area (TPSA) is 12.0 Å². The third-order valence-corrected chi connectivity index (χ3v) is 4.65. The molecule has 0 saturated carbocycles. The lowest BCUT2D eigenvalue weighted by Gasteiger charge is -2.07. The number of hydrogen-bond donors (Lipinski definition) is 1. The van der Waals surface area contributed by atoms with Crippen LogP contribution in [0.5, 0.6) is 0 Å². The number of rotatable bonds is 11. The highest BCUT2D eigenvalue weighted by molar-refractivity contribution is 9.10. The van der Waals surface area contributed by atoms with Crippen LogP contribution in [0.25, 0.3) is 0 Å². The SMILES string of the molecule is CCCCCCCCCCNCc1ccc(Br)c(C)c1. The molecule has 1 N–H and O–H groups in total. The summed E-state index contributed by atoms with van der Waals surface area (Å²) in [6, 6.07) is 6.59. The Labute approximate surface area is 133 Å². The molecule has 1 aromatic carbocycles. The van der Waals surface area contributed by atoms with E-state index in [0.29, 0.717) is 0 Å². The number of nitrogens with one attached hydrogen (secondary N) is 1. The summed E-state index contributed by atoms with van der Waals surface area (Å²) in [5.74, 6) is 0. The summed E-state index contributed by atoms with van der Waals surface area (Å²) in [5, 5.41) is 3.54. The molecular weight excluding hydrogens is 310 g/mol. The fraction of sp³-hybridized carbons (Fsp3) is 0.667. The Hall–Kier alpha value is -0.340. The zero-order valence-corrected chi connectivity index (χ0v) is 14.8. The number of benzene rings is 1. The van der Waals surface area contributed by atoms with E-state index in [0.717, 1.165) is 13.1 Å². The molecule has 0 aliphatic rings. The Morgan fingerprint density at radius 1 is 0.950 bits per heavy atom. The number of aryl methyl sites for hydroxylation is 1. The molecule has 1 aromatic rings. The zero-order valence-electron chi connectivity index (χ0n) is 13.2. The third kappa shape index (κ3) is 8.06. The minimum atomic E-state index is 0.991. The molecule has 0 aliphatic carbocycles. The lowest BCUT2D eigenvalue weighted by atomic mass is 10.1. The lowest BCUT2D eigenvalue weighted by molar-refractivity contribution is 0.555. The molecule has 0 bridgehead atoms. The molecule has 0 saturated heterocycles. The van der Waals surface area contributed by atoms with Crippen molar-refractivity contribution in [1.82, 2.24) is 5.32 Å². The second kappa shape index (κ2) is 11.3. The van der Waals surface area contributed by atoms with E-state index in [1.54, 1.807) is 0 Å². The van der Waals surface area contributed by atoms with E-state index in [1.165, 1.54) is 67.0 Å². The van der Waals surface area contributed by atoms with Gasteiger partial charge in [0.1, 0.15) is 0 Å². The van der Waals surface area contributed by atoms with Crippen molar-refractivity contribution in [2.45, 2.75) is 71.8 Å². The Morgan fingerprint density at radius 2 is 1.60 bits per heavy atom. The summed E-state index contributed by atoms with van der Waals surface area (Å²) >= 11 is 3.54. The van der Waals surface area contributed by atoms with E-state index < -0.39 is 0 Å². The number of halogens is 1. The van der Waals surface area contributed by atoms with Gasteiger partial charge in [-0.1, -0.05) is 79.9 Å². The van der Waals surface area contributed by atoms with Gasteiger partial charge in [0, 0.05) is 11.0 Å². The predicted molar refractivity (Wildman–Crippen MR) is 93.2 cm³/mol. The smallest absolute Gasteiger partial charge is 0.0205 e. The lowest BCUT2D eigenvalue weighted by Crippen LogP contribution is -2.14. The van der Waals surface area contributed by atoms with Crippen LogP contribution >= 0.6 is 15.9 Å². The van der Waals surface area contributed by atoms with Gasteiger partial charge in [0.2, 0.25) is 0 Å². The van der Waals surface area contributed by atoms with E-state index in [1.807, 2.05) is 0 Å². The van der Waals surface area contributed by atoms with E-state index in [-0.39, 0.29) is 0 Å². The minimum absolute atomic E-state index is 0.991. The third-order valence-electron chi connectivity index (χ3n) is 3.76. The molecule has 20 heavy (non-hydrogen) atoms. The second-order valence-electron chi connectivity index (χ2n) is 5.74. The summed E-state index contributed by atoms with van der Waals surface area (Å²) in [5.41, 5.74) is 2.70. The van der Waals surface area contributed by atoms with Crippen molar-refractivity contribution in [3.63, 3.8) is 0 Å². The fourth-order valence-corrected chi connectivity index (χ4v) is 2.68. The van der Waals surface area contributed by atoms with Gasteiger partial charge in [-0.3, -0.25) is 0 Å². The van der Waals surface area contributed by atoms with Crippen molar-refractivity contribution in [1.29, 1.82) is 0 Å². The van der Waals surface area contributed by atoms with Crippen LogP contribution in [0.15, 0.2) is 22.7 Å². The molecule has 0 fully saturated rings. The standard InChI is InChI=1S/C18H30BrN/c1-3-4-5-6-7-8-9-10-13-20-15-17-11-12-18(19)16(2)14-17/h11-12,14,20H,3-10,13,15H2,1-2H3. The van der Waals surface area contributed by atoms with Gasteiger partial charge in [0.25, 0.3) is 0 Å². The minimum Gasteiger partial charge on any atom is -0.313 e. The van der Waals surface area contributed by atoms with Crippen LogP contribution in [0.2, 0.25) is 0 Å². The molecule has 0 atom stereocenters. The van der Waals surface area contributed by atoms with Gasteiger partial charge < -0.3 is 5.32 Å². The Kier molecular flexibility index (Phi) is 10.0. The zero-order chi connectivity index (χ0) is 14.6. The first-order valence-electron chi connectivity index (χ1n) is 8.19. The van der Waals surface area contributed by atoms with Gasteiger partial charge in [0.15, 0.2) is 0 Å². The van der Waals surface area contributed by atoms with E-state index >= 15 is 0 Å². The summed E-state index contributed by atoms with van der Waals surface area (Å²) in [4.78, 5) is 0. The quantitative estimate of drug-likeness (QED) is 0.488. The molecule has 0 amide bonds. The first-order valence-corrected chi connectivity index (χ1v) is 8.99. The maximum absolute atomic E-state index is 3.54. The van der Waals surface area contributed by atoms with Gasteiger partial charge in [-0.05, 0) is 37.1 Å². The molecule has 0 radical (unpaired) electrons. The van der Waals surface area contributed by atoms with Crippen LogP contribution in [0, 0.1) is 6.92 Å². The van der Waals surface area contributed by atoms with Crippen LogP contribution in [-0.2, 0) is 6.54 Å². The Balaban J connectivity index is 1.95. The second-order valence-corrected chi connectivity index (χ2v) is 6.59. The van der Waals surface area contributed by atoms with E-state index in [4.69, 9.17) is 0 Å². The molecule has 0 heterocycles. The summed E-state index contributed by atoms with van der Waals surface area (Å²) in [7, 11) is 0. The molecule has 0 aliphatic heterocycles. The molecule has 0 spiro atoms. The molecule has 114 valence electrons. The van der Waals surface area contributed by atoms with Crippen LogP contribution in [0.3, 0.4) is 0 Å².